The molecule has 0 fully saturated rings. The fourth-order valence-corrected chi connectivity index (χ4v) is 1.55. The van der Waals surface area contributed by atoms with Gasteiger partial charge in [0, 0.05) is 13.5 Å². The van der Waals surface area contributed by atoms with Crippen LogP contribution in [0.3, 0.4) is 0 Å². The van der Waals surface area contributed by atoms with E-state index in [-0.39, 0.29) is 10.9 Å². The predicted molar refractivity (Wildman–Crippen MR) is 67.9 cm³/mol. The molecule has 6 nitrogen and oxygen atoms in total. The number of aromatic amines is 1. The zero-order valence-electron chi connectivity index (χ0n) is 10.5. The van der Waals surface area contributed by atoms with Crippen molar-refractivity contribution in [3.63, 3.8) is 0 Å². The maximum absolute atomic E-state index is 5.80. The van der Waals surface area contributed by atoms with Crippen molar-refractivity contribution in [1.82, 2.24) is 20.2 Å². The van der Waals surface area contributed by atoms with Gasteiger partial charge in [-0.05, 0) is 25.4 Å². The van der Waals surface area contributed by atoms with E-state index < -0.39 is 0 Å². The number of ether oxygens (including phenoxy) is 2. The molecular weight excluding hydrogens is 256 g/mol. The van der Waals surface area contributed by atoms with Gasteiger partial charge >= 0.3 is 0 Å². The Labute approximate surface area is 110 Å². The number of nitrogens with one attached hydrogen (secondary N) is 1. The van der Waals surface area contributed by atoms with Crippen LogP contribution in [0.4, 0.5) is 0 Å². The van der Waals surface area contributed by atoms with Gasteiger partial charge in [-0.25, -0.2) is 0 Å². The normalized spacial score (nSPS) is 12.0. The topological polar surface area (TPSA) is 72.9 Å². The van der Waals surface area contributed by atoms with E-state index in [1.807, 2.05) is 13.8 Å². The lowest BCUT2D eigenvalue weighted by Crippen LogP contribution is -2.25. The maximum Gasteiger partial charge on any atom is 0.229 e. The van der Waals surface area contributed by atoms with E-state index in [9.17, 15) is 0 Å². The Morgan fingerprint density at radius 2 is 2.17 bits per heavy atom. The predicted octanol–water partition coefficient (Wildman–Crippen LogP) is 2.20. The van der Waals surface area contributed by atoms with Crippen molar-refractivity contribution < 1.29 is 9.47 Å². The van der Waals surface area contributed by atoms with E-state index in [0.29, 0.717) is 18.1 Å². The van der Waals surface area contributed by atoms with E-state index >= 15 is 0 Å². The third-order valence-corrected chi connectivity index (χ3v) is 2.91. The fraction of sp³-hybridized carbons (Fsp3) is 0.545. The first-order chi connectivity index (χ1) is 8.52. The molecule has 2 heterocycles. The smallest absolute Gasteiger partial charge is 0.229 e. The highest BCUT2D eigenvalue weighted by Gasteiger charge is 2.17. The van der Waals surface area contributed by atoms with Gasteiger partial charge in [0.15, 0.2) is 5.65 Å². The van der Waals surface area contributed by atoms with Crippen molar-refractivity contribution >= 4 is 22.6 Å². The van der Waals surface area contributed by atoms with Crippen LogP contribution in [0.15, 0.2) is 6.20 Å². The number of hydrogen-bond donors (Lipinski definition) is 1. The lowest BCUT2D eigenvalue weighted by Gasteiger charge is -2.22. The van der Waals surface area contributed by atoms with E-state index in [2.05, 4.69) is 20.2 Å². The Morgan fingerprint density at radius 1 is 1.39 bits per heavy atom. The lowest BCUT2D eigenvalue weighted by atomic mass is 10.1. The van der Waals surface area contributed by atoms with Gasteiger partial charge in [0.25, 0.3) is 0 Å². The molecule has 0 saturated carbocycles. The molecule has 1 N–H and O–H groups in total. The summed E-state index contributed by atoms with van der Waals surface area (Å²) in [6, 6.07) is 0. The van der Waals surface area contributed by atoms with Gasteiger partial charge in [-0.2, -0.15) is 15.1 Å². The summed E-state index contributed by atoms with van der Waals surface area (Å²) in [6.07, 6.45) is 2.35. The molecule has 2 rings (SSSR count). The number of rotatable bonds is 5. The molecule has 18 heavy (non-hydrogen) atoms. The largest absolute Gasteiger partial charge is 0.477 e. The fourth-order valence-electron chi connectivity index (χ4n) is 1.39. The molecule has 2 aromatic rings. The first kappa shape index (κ1) is 13.0. The van der Waals surface area contributed by atoms with E-state index in [4.69, 9.17) is 21.1 Å². The average Bonchev–Trinajstić information content (AvgIpc) is 2.76. The minimum absolute atomic E-state index is 0.132. The minimum Gasteiger partial charge on any atom is -0.477 e. The van der Waals surface area contributed by atoms with Crippen LogP contribution in [0.1, 0.15) is 20.3 Å². The van der Waals surface area contributed by atoms with Crippen molar-refractivity contribution in [1.29, 1.82) is 0 Å². The van der Waals surface area contributed by atoms with Gasteiger partial charge in [-0.15, -0.1) is 0 Å². The van der Waals surface area contributed by atoms with Crippen LogP contribution in [0.25, 0.3) is 11.0 Å². The van der Waals surface area contributed by atoms with Crippen LogP contribution in [0, 0.1) is 0 Å². The van der Waals surface area contributed by atoms with Gasteiger partial charge in [0.05, 0.1) is 18.4 Å². The van der Waals surface area contributed by atoms with E-state index in [0.717, 1.165) is 11.8 Å². The van der Waals surface area contributed by atoms with Crippen LogP contribution in [0.2, 0.25) is 5.28 Å². The third-order valence-electron chi connectivity index (χ3n) is 2.74. The van der Waals surface area contributed by atoms with Crippen LogP contribution in [0.5, 0.6) is 5.88 Å². The summed E-state index contributed by atoms with van der Waals surface area (Å²) in [7, 11) is 1.68. The second kappa shape index (κ2) is 5.07. The summed E-state index contributed by atoms with van der Waals surface area (Å²) in [5.74, 6) is 0.436. The molecule has 0 atom stereocenters. The molecule has 0 aliphatic heterocycles. The van der Waals surface area contributed by atoms with Crippen LogP contribution in [-0.2, 0) is 4.74 Å². The SMILES string of the molecule is COC(C)(C)CCOc1nc(Cl)nc2[nH]ncc12. The molecule has 0 bridgehead atoms. The van der Waals surface area contributed by atoms with Gasteiger partial charge in [-0.1, -0.05) is 0 Å². The number of fused-ring (bicyclic) bond motifs is 1. The maximum atomic E-state index is 5.80. The zero-order chi connectivity index (χ0) is 13.2. The van der Waals surface area contributed by atoms with Gasteiger partial charge < -0.3 is 9.47 Å². The quantitative estimate of drug-likeness (QED) is 0.843. The van der Waals surface area contributed by atoms with Gasteiger partial charge in [0.2, 0.25) is 11.2 Å². The molecule has 0 aliphatic rings. The van der Waals surface area contributed by atoms with Crippen molar-refractivity contribution in [2.45, 2.75) is 25.9 Å². The summed E-state index contributed by atoms with van der Waals surface area (Å²) in [5.41, 5.74) is 0.336. The van der Waals surface area contributed by atoms with Crippen LogP contribution < -0.4 is 4.74 Å². The Morgan fingerprint density at radius 3 is 2.89 bits per heavy atom. The summed E-state index contributed by atoms with van der Waals surface area (Å²) < 4.78 is 10.9. The lowest BCUT2D eigenvalue weighted by molar-refractivity contribution is 0.00522. The van der Waals surface area contributed by atoms with Crippen molar-refractivity contribution in [2.24, 2.45) is 0 Å². The molecule has 98 valence electrons. The van der Waals surface area contributed by atoms with Crippen molar-refractivity contribution in [3.8, 4) is 5.88 Å². The number of hydrogen-bond acceptors (Lipinski definition) is 5. The summed E-state index contributed by atoms with van der Waals surface area (Å²) in [4.78, 5) is 8.05. The van der Waals surface area contributed by atoms with Gasteiger partial charge in [0.1, 0.15) is 5.39 Å². The van der Waals surface area contributed by atoms with Crippen LogP contribution in [-0.4, -0.2) is 39.5 Å². The molecule has 0 unspecified atom stereocenters. The number of halogens is 1. The molecule has 0 radical (unpaired) electrons. The third kappa shape index (κ3) is 2.88. The molecular formula is C11H15ClN4O2. The van der Waals surface area contributed by atoms with Crippen molar-refractivity contribution in [2.75, 3.05) is 13.7 Å². The van der Waals surface area contributed by atoms with Crippen molar-refractivity contribution in [3.05, 3.63) is 11.5 Å². The first-order valence-electron chi connectivity index (χ1n) is 5.56. The summed E-state index contributed by atoms with van der Waals surface area (Å²) >= 11 is 5.80. The highest BCUT2D eigenvalue weighted by molar-refractivity contribution is 6.28. The molecule has 0 aromatic carbocycles. The molecule has 7 heteroatoms. The average molecular weight is 271 g/mol. The zero-order valence-corrected chi connectivity index (χ0v) is 11.3. The minimum atomic E-state index is -0.230. The Kier molecular flexibility index (Phi) is 3.68. The Hall–Kier alpha value is -1.40. The van der Waals surface area contributed by atoms with Gasteiger partial charge in [-0.3, -0.25) is 5.10 Å². The Bertz CT molecular complexity index is 541. The number of nitrogens with zero attached hydrogens (tertiary/aromatic N) is 3. The number of H-pyrrole nitrogens is 1. The highest BCUT2D eigenvalue weighted by Crippen LogP contribution is 2.23. The van der Waals surface area contributed by atoms with E-state index in [1.54, 1.807) is 13.3 Å². The molecule has 0 amide bonds. The molecule has 0 saturated heterocycles. The number of aromatic nitrogens is 4. The van der Waals surface area contributed by atoms with E-state index in [1.165, 1.54) is 0 Å². The summed E-state index contributed by atoms with van der Waals surface area (Å²) in [6.45, 7) is 4.47. The first-order valence-corrected chi connectivity index (χ1v) is 5.94. The second-order valence-electron chi connectivity index (χ2n) is 4.49. The molecule has 2 aromatic heterocycles. The second-order valence-corrected chi connectivity index (χ2v) is 4.83. The standard InChI is InChI=1S/C11H15ClN4O2/c1-11(2,17-3)4-5-18-9-7-6-13-16-8(7)14-10(12)15-9/h6H,4-5H2,1-3H3,(H,13,14,15,16). The molecule has 0 aliphatic carbocycles. The highest BCUT2D eigenvalue weighted by atomic mass is 35.5. The Balaban J connectivity index is 2.10. The molecule has 0 spiro atoms. The van der Waals surface area contributed by atoms with Crippen LogP contribution >= 0.6 is 11.6 Å². The monoisotopic (exact) mass is 270 g/mol. The number of methoxy groups -OCH3 is 1. The summed E-state index contributed by atoms with van der Waals surface area (Å²) in [5, 5.41) is 7.46.